The van der Waals surface area contributed by atoms with Crippen LogP contribution in [0.2, 0.25) is 0 Å². The lowest BCUT2D eigenvalue weighted by molar-refractivity contribution is 0.474. The zero-order chi connectivity index (χ0) is 15.7. The predicted octanol–water partition coefficient (Wildman–Crippen LogP) is 6.67. The second kappa shape index (κ2) is 8.76. The van der Waals surface area contributed by atoms with Gasteiger partial charge in [0.1, 0.15) is 11.5 Å². The molecule has 3 rings (SSSR count). The van der Waals surface area contributed by atoms with Gasteiger partial charge < -0.3 is 4.42 Å². The van der Waals surface area contributed by atoms with Crippen LogP contribution in [0.25, 0.3) is 12.2 Å². The molecule has 0 N–H and O–H groups in total. The number of fused-ring (bicyclic) bond motifs is 1. The third-order valence-corrected chi connectivity index (χ3v) is 4.76. The van der Waals surface area contributed by atoms with E-state index in [0.717, 1.165) is 12.2 Å². The average Bonchev–Trinajstić information content (AvgIpc) is 2.96. The SMILES string of the molecule is C(=C\c1cc2c(o1)CCCCCCCCCC2)/c1ccccc1. The van der Waals surface area contributed by atoms with Crippen molar-refractivity contribution in [3.63, 3.8) is 0 Å². The van der Waals surface area contributed by atoms with E-state index in [1.807, 2.05) is 6.07 Å². The topological polar surface area (TPSA) is 13.1 Å². The maximum Gasteiger partial charge on any atom is 0.127 e. The van der Waals surface area contributed by atoms with Crippen LogP contribution in [0, 0.1) is 0 Å². The Morgan fingerprint density at radius 2 is 1.35 bits per heavy atom. The van der Waals surface area contributed by atoms with E-state index in [-0.39, 0.29) is 0 Å². The molecule has 0 atom stereocenters. The minimum atomic E-state index is 1.01. The molecule has 1 nitrogen and oxygen atoms in total. The predicted molar refractivity (Wildman–Crippen MR) is 98.4 cm³/mol. The smallest absolute Gasteiger partial charge is 0.127 e. The summed E-state index contributed by atoms with van der Waals surface area (Å²) in [6, 6.07) is 12.7. The summed E-state index contributed by atoms with van der Waals surface area (Å²) in [6.07, 6.45) is 17.4. The van der Waals surface area contributed by atoms with Crippen molar-refractivity contribution in [1.29, 1.82) is 0 Å². The molecule has 2 aromatic rings. The second-order valence-electron chi connectivity index (χ2n) is 6.67. The molecular formula is C22H28O. The number of hydrogen-bond acceptors (Lipinski definition) is 1. The lowest BCUT2D eigenvalue weighted by Gasteiger charge is -2.06. The van der Waals surface area contributed by atoms with Crippen molar-refractivity contribution in [2.45, 2.75) is 64.2 Å². The van der Waals surface area contributed by atoms with Crippen LogP contribution < -0.4 is 0 Å². The van der Waals surface area contributed by atoms with Crippen molar-refractivity contribution in [3.8, 4) is 0 Å². The first-order valence-corrected chi connectivity index (χ1v) is 9.26. The lowest BCUT2D eigenvalue weighted by Crippen LogP contribution is -1.93. The summed E-state index contributed by atoms with van der Waals surface area (Å²) in [5, 5.41) is 0. The van der Waals surface area contributed by atoms with Crippen molar-refractivity contribution in [1.82, 2.24) is 0 Å². The first-order valence-electron chi connectivity index (χ1n) is 9.26. The average molecular weight is 308 g/mol. The highest BCUT2D eigenvalue weighted by atomic mass is 16.3. The molecule has 1 heterocycles. The van der Waals surface area contributed by atoms with Gasteiger partial charge in [-0.15, -0.1) is 0 Å². The van der Waals surface area contributed by atoms with E-state index in [4.69, 9.17) is 4.42 Å². The molecule has 1 heteroatoms. The van der Waals surface area contributed by atoms with Gasteiger partial charge in [-0.3, -0.25) is 0 Å². The first kappa shape index (κ1) is 16.1. The molecule has 0 amide bonds. The van der Waals surface area contributed by atoms with Crippen molar-refractivity contribution in [2.75, 3.05) is 0 Å². The molecule has 1 aliphatic carbocycles. The molecule has 0 spiro atoms. The van der Waals surface area contributed by atoms with E-state index in [1.54, 1.807) is 0 Å². The Bertz CT molecular complexity index is 577. The number of hydrogen-bond donors (Lipinski definition) is 0. The van der Waals surface area contributed by atoms with Crippen molar-refractivity contribution in [3.05, 3.63) is 59.0 Å². The summed E-state index contributed by atoms with van der Waals surface area (Å²) in [5.41, 5.74) is 2.66. The van der Waals surface area contributed by atoms with Gasteiger partial charge >= 0.3 is 0 Å². The van der Waals surface area contributed by atoms with E-state index in [1.165, 1.54) is 74.7 Å². The molecule has 1 aromatic carbocycles. The Kier molecular flexibility index (Phi) is 6.14. The largest absolute Gasteiger partial charge is 0.461 e. The van der Waals surface area contributed by atoms with Crippen LogP contribution in [0.3, 0.4) is 0 Å². The fourth-order valence-corrected chi connectivity index (χ4v) is 3.40. The highest BCUT2D eigenvalue weighted by molar-refractivity contribution is 5.67. The standard InChI is InChI=1S/C22H28O/c1-2-4-6-11-15-22-20(14-10-5-3-1)18-21(23-22)17-16-19-12-8-7-9-13-19/h7-9,12-13,16-18H,1-6,10-11,14-15H2/b17-16+. The molecular weight excluding hydrogens is 280 g/mol. The van der Waals surface area contributed by atoms with Crippen LogP contribution in [-0.2, 0) is 12.8 Å². The van der Waals surface area contributed by atoms with Crippen LogP contribution in [0.1, 0.15) is 74.0 Å². The number of aryl methyl sites for hydroxylation is 2. The number of furan rings is 1. The van der Waals surface area contributed by atoms with Crippen LogP contribution in [0.4, 0.5) is 0 Å². The van der Waals surface area contributed by atoms with E-state index in [0.29, 0.717) is 0 Å². The van der Waals surface area contributed by atoms with E-state index in [9.17, 15) is 0 Å². The minimum Gasteiger partial charge on any atom is -0.461 e. The monoisotopic (exact) mass is 308 g/mol. The van der Waals surface area contributed by atoms with Crippen molar-refractivity contribution >= 4 is 12.2 Å². The Labute approximate surface area is 140 Å². The fraction of sp³-hybridized carbons (Fsp3) is 0.455. The van der Waals surface area contributed by atoms with Gasteiger partial charge in [-0.2, -0.15) is 0 Å². The quantitative estimate of drug-likeness (QED) is 0.604. The highest BCUT2D eigenvalue weighted by Crippen LogP contribution is 2.24. The fourth-order valence-electron chi connectivity index (χ4n) is 3.40. The third-order valence-electron chi connectivity index (χ3n) is 4.76. The molecule has 1 aromatic heterocycles. The molecule has 0 aliphatic heterocycles. The summed E-state index contributed by atoms with van der Waals surface area (Å²) in [5.74, 6) is 2.24. The van der Waals surface area contributed by atoms with Gasteiger partial charge in [-0.1, -0.05) is 74.9 Å². The van der Waals surface area contributed by atoms with Gasteiger partial charge in [0.05, 0.1) is 0 Å². The van der Waals surface area contributed by atoms with E-state index in [2.05, 4.69) is 42.5 Å². The number of benzene rings is 1. The maximum absolute atomic E-state index is 6.14. The Balaban J connectivity index is 1.70. The summed E-state index contributed by atoms with van der Waals surface area (Å²) >= 11 is 0. The first-order chi connectivity index (χ1) is 11.4. The number of rotatable bonds is 2. The van der Waals surface area contributed by atoms with Crippen molar-refractivity contribution < 1.29 is 4.42 Å². The molecule has 23 heavy (non-hydrogen) atoms. The van der Waals surface area contributed by atoms with Gasteiger partial charge in [0.25, 0.3) is 0 Å². The van der Waals surface area contributed by atoms with Crippen LogP contribution >= 0.6 is 0 Å². The zero-order valence-corrected chi connectivity index (χ0v) is 14.1. The van der Waals surface area contributed by atoms with E-state index >= 15 is 0 Å². The van der Waals surface area contributed by atoms with Gasteiger partial charge in [-0.05, 0) is 42.5 Å². The third kappa shape index (κ3) is 5.13. The molecule has 0 fully saturated rings. The normalized spacial score (nSPS) is 17.4. The summed E-state index contributed by atoms with van der Waals surface area (Å²) in [7, 11) is 0. The maximum atomic E-state index is 6.14. The Hall–Kier alpha value is -1.76. The van der Waals surface area contributed by atoms with Gasteiger partial charge in [0, 0.05) is 6.42 Å². The molecule has 0 saturated heterocycles. The molecule has 0 unspecified atom stereocenters. The zero-order valence-electron chi connectivity index (χ0n) is 14.1. The van der Waals surface area contributed by atoms with Crippen LogP contribution in [0.5, 0.6) is 0 Å². The van der Waals surface area contributed by atoms with Crippen LogP contribution in [-0.4, -0.2) is 0 Å². The Morgan fingerprint density at radius 1 is 0.696 bits per heavy atom. The van der Waals surface area contributed by atoms with Gasteiger partial charge in [0.15, 0.2) is 0 Å². The van der Waals surface area contributed by atoms with Gasteiger partial charge in [-0.25, -0.2) is 0 Å². The van der Waals surface area contributed by atoms with Gasteiger partial charge in [0.2, 0.25) is 0 Å². The highest BCUT2D eigenvalue weighted by Gasteiger charge is 2.10. The summed E-state index contributed by atoms with van der Waals surface area (Å²) in [6.45, 7) is 0. The molecule has 0 radical (unpaired) electrons. The molecule has 122 valence electrons. The lowest BCUT2D eigenvalue weighted by atomic mass is 10.00. The summed E-state index contributed by atoms with van der Waals surface area (Å²) in [4.78, 5) is 0. The Morgan fingerprint density at radius 3 is 2.09 bits per heavy atom. The molecule has 0 saturated carbocycles. The van der Waals surface area contributed by atoms with Crippen LogP contribution in [0.15, 0.2) is 40.8 Å². The van der Waals surface area contributed by atoms with E-state index < -0.39 is 0 Å². The second-order valence-corrected chi connectivity index (χ2v) is 6.67. The molecule has 0 bridgehead atoms. The molecule has 1 aliphatic rings. The van der Waals surface area contributed by atoms with Crippen molar-refractivity contribution in [2.24, 2.45) is 0 Å². The minimum absolute atomic E-state index is 1.01. The summed E-state index contributed by atoms with van der Waals surface area (Å²) < 4.78 is 6.14.